The molecular formula is C20H19N5O2S. The van der Waals surface area contributed by atoms with Crippen LogP contribution >= 0.6 is 11.5 Å². The fourth-order valence-corrected chi connectivity index (χ4v) is 4.36. The van der Waals surface area contributed by atoms with Crippen molar-refractivity contribution in [1.29, 1.82) is 0 Å². The van der Waals surface area contributed by atoms with Crippen molar-refractivity contribution in [1.82, 2.24) is 18.7 Å². The van der Waals surface area contributed by atoms with Crippen molar-refractivity contribution in [2.75, 3.05) is 38.7 Å². The number of morpholine rings is 1. The lowest BCUT2D eigenvalue weighted by Crippen LogP contribution is -2.41. The van der Waals surface area contributed by atoms with Crippen molar-refractivity contribution in [2.45, 2.75) is 0 Å². The lowest BCUT2D eigenvalue weighted by molar-refractivity contribution is 0.0298. The van der Waals surface area contributed by atoms with E-state index >= 15 is 0 Å². The summed E-state index contributed by atoms with van der Waals surface area (Å²) < 4.78 is 12.8. The zero-order chi connectivity index (χ0) is 19.1. The van der Waals surface area contributed by atoms with E-state index in [4.69, 9.17) is 4.74 Å². The minimum Gasteiger partial charge on any atom is -0.378 e. The van der Waals surface area contributed by atoms with Crippen LogP contribution in [-0.2, 0) is 4.74 Å². The number of fused-ring (bicyclic) bond motifs is 2. The van der Waals surface area contributed by atoms with Gasteiger partial charge in [-0.3, -0.25) is 9.20 Å². The molecule has 4 aromatic rings. The second-order valence-electron chi connectivity index (χ2n) is 6.69. The first-order valence-electron chi connectivity index (χ1n) is 9.16. The molecule has 4 heterocycles. The van der Waals surface area contributed by atoms with E-state index in [1.54, 1.807) is 6.20 Å². The lowest BCUT2D eigenvalue weighted by atomic mass is 10.1. The molecule has 1 aromatic carbocycles. The molecule has 0 saturated carbocycles. The van der Waals surface area contributed by atoms with Gasteiger partial charge in [0.1, 0.15) is 17.2 Å². The van der Waals surface area contributed by atoms with Crippen LogP contribution in [-0.4, -0.2) is 57.9 Å². The maximum atomic E-state index is 12.9. The first-order chi connectivity index (χ1) is 13.7. The van der Waals surface area contributed by atoms with E-state index in [0.717, 1.165) is 32.7 Å². The van der Waals surface area contributed by atoms with Crippen molar-refractivity contribution in [3.8, 4) is 11.1 Å². The molecule has 0 aliphatic carbocycles. The van der Waals surface area contributed by atoms with Gasteiger partial charge in [0.25, 0.3) is 5.91 Å². The van der Waals surface area contributed by atoms with Crippen molar-refractivity contribution >= 4 is 39.0 Å². The molecule has 1 fully saturated rings. The molecule has 1 aliphatic rings. The molecule has 3 aromatic heterocycles. The van der Waals surface area contributed by atoms with Crippen molar-refractivity contribution in [3.05, 3.63) is 48.4 Å². The maximum absolute atomic E-state index is 12.9. The van der Waals surface area contributed by atoms with E-state index < -0.39 is 0 Å². The normalized spacial score (nSPS) is 14.7. The minimum absolute atomic E-state index is 0.00970. The maximum Gasteiger partial charge on any atom is 0.272 e. The Bertz CT molecular complexity index is 1180. The fourth-order valence-electron chi connectivity index (χ4n) is 3.54. The molecule has 0 radical (unpaired) electrons. The highest BCUT2D eigenvalue weighted by molar-refractivity contribution is 7.13. The molecule has 0 atom stereocenters. The highest BCUT2D eigenvalue weighted by Gasteiger charge is 2.21. The summed E-state index contributed by atoms with van der Waals surface area (Å²) in [6, 6.07) is 10.3. The molecule has 8 heteroatoms. The van der Waals surface area contributed by atoms with Gasteiger partial charge in [-0.1, -0.05) is 6.07 Å². The summed E-state index contributed by atoms with van der Waals surface area (Å²) in [6.45, 7) is 2.39. The molecule has 0 bridgehead atoms. The number of aromatic nitrogens is 3. The smallest absolute Gasteiger partial charge is 0.272 e. The topological polar surface area (TPSA) is 71.8 Å². The van der Waals surface area contributed by atoms with Gasteiger partial charge in [0, 0.05) is 31.7 Å². The van der Waals surface area contributed by atoms with Gasteiger partial charge in [0.05, 0.1) is 24.1 Å². The average Bonchev–Trinajstić information content (AvgIpc) is 3.36. The van der Waals surface area contributed by atoms with Crippen LogP contribution in [0.1, 0.15) is 10.5 Å². The number of hydrogen-bond acceptors (Lipinski definition) is 6. The van der Waals surface area contributed by atoms with Gasteiger partial charge in [-0.05, 0) is 46.9 Å². The Hall–Kier alpha value is -2.97. The van der Waals surface area contributed by atoms with Crippen LogP contribution in [0.2, 0.25) is 0 Å². The predicted octanol–water partition coefficient (Wildman–Crippen LogP) is 3.13. The lowest BCUT2D eigenvalue weighted by Gasteiger charge is -2.26. The van der Waals surface area contributed by atoms with E-state index in [2.05, 4.69) is 32.9 Å². The SMILES string of the molecule is CNc1nsc2cc(-c3ccc4ncc(C(=O)N5CCOCC5)n4c3)ccc12. The first-order valence-corrected chi connectivity index (χ1v) is 9.93. The van der Waals surface area contributed by atoms with Crippen molar-refractivity contribution in [2.24, 2.45) is 0 Å². The predicted molar refractivity (Wildman–Crippen MR) is 110 cm³/mol. The Morgan fingerprint density at radius 1 is 1.18 bits per heavy atom. The molecule has 0 spiro atoms. The summed E-state index contributed by atoms with van der Waals surface area (Å²) in [4.78, 5) is 19.2. The fraction of sp³-hybridized carbons (Fsp3) is 0.250. The Morgan fingerprint density at radius 2 is 2.00 bits per heavy atom. The number of pyridine rings is 1. The van der Waals surface area contributed by atoms with Crippen LogP contribution in [0.15, 0.2) is 42.7 Å². The number of nitrogens with one attached hydrogen (secondary N) is 1. The van der Waals surface area contributed by atoms with Crippen LogP contribution in [0.25, 0.3) is 26.9 Å². The van der Waals surface area contributed by atoms with E-state index in [9.17, 15) is 4.79 Å². The Labute approximate surface area is 165 Å². The van der Waals surface area contributed by atoms with Crippen LogP contribution < -0.4 is 5.32 Å². The zero-order valence-electron chi connectivity index (χ0n) is 15.4. The summed E-state index contributed by atoms with van der Waals surface area (Å²) >= 11 is 1.48. The van der Waals surface area contributed by atoms with E-state index in [0.29, 0.717) is 32.0 Å². The molecule has 1 aliphatic heterocycles. The van der Waals surface area contributed by atoms with Gasteiger partial charge in [0.2, 0.25) is 0 Å². The quantitative estimate of drug-likeness (QED) is 0.579. The average molecular weight is 393 g/mol. The summed E-state index contributed by atoms with van der Waals surface area (Å²) in [5.41, 5.74) is 3.45. The molecule has 5 rings (SSSR count). The number of benzene rings is 1. The molecule has 7 nitrogen and oxygen atoms in total. The van der Waals surface area contributed by atoms with E-state index in [-0.39, 0.29) is 5.91 Å². The number of anilines is 1. The number of amides is 1. The van der Waals surface area contributed by atoms with Crippen LogP contribution in [0.4, 0.5) is 5.82 Å². The number of carbonyl (C=O) groups excluding carboxylic acids is 1. The van der Waals surface area contributed by atoms with E-state index in [1.165, 1.54) is 11.5 Å². The number of carbonyl (C=O) groups is 1. The second-order valence-corrected chi connectivity index (χ2v) is 7.49. The van der Waals surface area contributed by atoms with Crippen LogP contribution in [0, 0.1) is 0 Å². The first kappa shape index (κ1) is 17.2. The van der Waals surface area contributed by atoms with Gasteiger partial charge in [-0.2, -0.15) is 4.37 Å². The molecule has 0 unspecified atom stereocenters. The Kier molecular flexibility index (Phi) is 4.22. The minimum atomic E-state index is -0.00970. The van der Waals surface area contributed by atoms with Gasteiger partial charge >= 0.3 is 0 Å². The number of imidazole rings is 1. The summed E-state index contributed by atoms with van der Waals surface area (Å²) in [5, 5.41) is 4.23. The molecule has 1 N–H and O–H groups in total. The third-order valence-corrected chi connectivity index (χ3v) is 5.87. The largest absolute Gasteiger partial charge is 0.378 e. The van der Waals surface area contributed by atoms with Crippen molar-refractivity contribution in [3.63, 3.8) is 0 Å². The van der Waals surface area contributed by atoms with Crippen LogP contribution in [0.3, 0.4) is 0 Å². The summed E-state index contributed by atoms with van der Waals surface area (Å²) in [5.74, 6) is 0.888. The third-order valence-electron chi connectivity index (χ3n) is 5.07. The Morgan fingerprint density at radius 3 is 2.82 bits per heavy atom. The highest BCUT2D eigenvalue weighted by atomic mass is 32.1. The number of rotatable bonds is 3. The molecule has 142 valence electrons. The molecule has 1 amide bonds. The van der Waals surface area contributed by atoms with Gasteiger partial charge in [0.15, 0.2) is 0 Å². The number of ether oxygens (including phenoxy) is 1. The van der Waals surface area contributed by atoms with Gasteiger partial charge in [-0.15, -0.1) is 0 Å². The summed E-state index contributed by atoms with van der Waals surface area (Å²) in [7, 11) is 1.88. The Balaban J connectivity index is 1.55. The molecule has 28 heavy (non-hydrogen) atoms. The second kappa shape index (κ2) is 6.88. The number of nitrogens with zero attached hydrogens (tertiary/aromatic N) is 4. The monoisotopic (exact) mass is 393 g/mol. The van der Waals surface area contributed by atoms with Crippen LogP contribution in [0.5, 0.6) is 0 Å². The van der Waals surface area contributed by atoms with E-state index in [1.807, 2.05) is 34.7 Å². The summed E-state index contributed by atoms with van der Waals surface area (Å²) in [6.07, 6.45) is 3.64. The molecule has 1 saturated heterocycles. The highest BCUT2D eigenvalue weighted by Crippen LogP contribution is 2.31. The zero-order valence-corrected chi connectivity index (χ0v) is 16.2. The van der Waals surface area contributed by atoms with Crippen molar-refractivity contribution < 1.29 is 9.53 Å². The van der Waals surface area contributed by atoms with Gasteiger partial charge in [-0.25, -0.2) is 4.98 Å². The standard InChI is InChI=1S/C20H19N5O2S/c1-21-19-15-4-2-13(10-17(15)28-23-19)14-3-5-18-22-11-16(25(18)12-14)20(26)24-6-8-27-9-7-24/h2-5,10-12H,6-9H2,1H3,(H,21,23). The number of hydrogen-bond donors (Lipinski definition) is 1. The van der Waals surface area contributed by atoms with Gasteiger partial charge < -0.3 is 15.0 Å². The molecular weight excluding hydrogens is 374 g/mol. The third kappa shape index (κ3) is 2.81.